The second-order valence-electron chi connectivity index (χ2n) is 3.49. The standard InChI is InChI=1S/C10H12N4O2/c1-7-6-16-13-8(7)5-12-9-10(15)14(2)4-3-11-9/h3-4,6H,5H2,1-2H3,(H,11,12). The van der Waals surface area contributed by atoms with Gasteiger partial charge in [-0.25, -0.2) is 4.98 Å². The molecule has 2 rings (SSSR count). The first kappa shape index (κ1) is 10.4. The molecule has 0 amide bonds. The molecule has 0 bridgehead atoms. The van der Waals surface area contributed by atoms with Crippen molar-refractivity contribution in [1.29, 1.82) is 0 Å². The largest absolute Gasteiger partial charge is 0.364 e. The number of rotatable bonds is 3. The maximum Gasteiger partial charge on any atom is 0.293 e. The molecule has 1 N–H and O–H groups in total. The zero-order valence-electron chi connectivity index (χ0n) is 9.10. The van der Waals surface area contributed by atoms with Gasteiger partial charge in [-0.15, -0.1) is 0 Å². The monoisotopic (exact) mass is 220 g/mol. The third-order valence-corrected chi connectivity index (χ3v) is 2.29. The molecule has 2 aromatic heterocycles. The molecule has 0 aliphatic rings. The van der Waals surface area contributed by atoms with E-state index in [2.05, 4.69) is 15.5 Å². The van der Waals surface area contributed by atoms with E-state index in [4.69, 9.17) is 4.52 Å². The molecule has 0 radical (unpaired) electrons. The Morgan fingerprint density at radius 2 is 2.38 bits per heavy atom. The molecule has 2 heterocycles. The molecular formula is C10H12N4O2. The summed E-state index contributed by atoms with van der Waals surface area (Å²) < 4.78 is 6.26. The maximum absolute atomic E-state index is 11.6. The molecular weight excluding hydrogens is 208 g/mol. The molecule has 0 saturated carbocycles. The Balaban J connectivity index is 2.14. The first-order valence-corrected chi connectivity index (χ1v) is 4.84. The van der Waals surface area contributed by atoms with Crippen LogP contribution in [-0.2, 0) is 13.6 Å². The first-order chi connectivity index (χ1) is 7.68. The second kappa shape index (κ2) is 4.18. The highest BCUT2D eigenvalue weighted by Gasteiger charge is 2.05. The lowest BCUT2D eigenvalue weighted by Crippen LogP contribution is -2.21. The van der Waals surface area contributed by atoms with Gasteiger partial charge >= 0.3 is 0 Å². The number of aromatic nitrogens is 3. The van der Waals surface area contributed by atoms with E-state index in [1.54, 1.807) is 25.7 Å². The fourth-order valence-corrected chi connectivity index (χ4v) is 1.27. The van der Waals surface area contributed by atoms with Gasteiger partial charge in [0.15, 0.2) is 5.82 Å². The predicted octanol–water partition coefficient (Wildman–Crippen LogP) is 0.689. The van der Waals surface area contributed by atoms with Gasteiger partial charge in [0.1, 0.15) is 12.0 Å². The van der Waals surface area contributed by atoms with Crippen LogP contribution >= 0.6 is 0 Å². The summed E-state index contributed by atoms with van der Waals surface area (Å²) in [6.45, 7) is 2.32. The normalized spacial score (nSPS) is 10.4. The van der Waals surface area contributed by atoms with E-state index in [0.29, 0.717) is 12.4 Å². The summed E-state index contributed by atoms with van der Waals surface area (Å²) in [7, 11) is 1.68. The molecule has 6 heteroatoms. The van der Waals surface area contributed by atoms with Crippen LogP contribution in [0.4, 0.5) is 5.82 Å². The van der Waals surface area contributed by atoms with E-state index < -0.39 is 0 Å². The van der Waals surface area contributed by atoms with E-state index in [1.165, 1.54) is 4.57 Å². The van der Waals surface area contributed by atoms with Gasteiger partial charge < -0.3 is 14.4 Å². The van der Waals surface area contributed by atoms with E-state index in [9.17, 15) is 4.79 Å². The highest BCUT2D eigenvalue weighted by Crippen LogP contribution is 2.05. The molecule has 0 spiro atoms. The van der Waals surface area contributed by atoms with Crippen molar-refractivity contribution < 1.29 is 4.52 Å². The molecule has 16 heavy (non-hydrogen) atoms. The second-order valence-corrected chi connectivity index (χ2v) is 3.49. The van der Waals surface area contributed by atoms with Crippen molar-refractivity contribution in [2.75, 3.05) is 5.32 Å². The van der Waals surface area contributed by atoms with Crippen molar-refractivity contribution in [2.24, 2.45) is 7.05 Å². The smallest absolute Gasteiger partial charge is 0.293 e. The molecule has 0 atom stereocenters. The Morgan fingerprint density at radius 1 is 1.56 bits per heavy atom. The number of nitrogens with one attached hydrogen (secondary N) is 1. The van der Waals surface area contributed by atoms with Crippen molar-refractivity contribution in [3.63, 3.8) is 0 Å². The number of nitrogens with zero attached hydrogens (tertiary/aromatic N) is 3. The molecule has 0 unspecified atom stereocenters. The Kier molecular flexibility index (Phi) is 2.72. The summed E-state index contributed by atoms with van der Waals surface area (Å²) >= 11 is 0. The number of aryl methyl sites for hydroxylation is 2. The van der Waals surface area contributed by atoms with Gasteiger partial charge in [-0.2, -0.15) is 0 Å². The molecule has 84 valence electrons. The molecule has 0 aliphatic carbocycles. The maximum atomic E-state index is 11.6. The van der Waals surface area contributed by atoms with Gasteiger partial charge in [-0.05, 0) is 6.92 Å². The van der Waals surface area contributed by atoms with E-state index in [0.717, 1.165) is 11.3 Å². The highest BCUT2D eigenvalue weighted by atomic mass is 16.5. The van der Waals surface area contributed by atoms with Crippen molar-refractivity contribution in [2.45, 2.75) is 13.5 Å². The summed E-state index contributed by atoms with van der Waals surface area (Å²) in [4.78, 5) is 15.6. The molecule has 0 fully saturated rings. The van der Waals surface area contributed by atoms with Crippen LogP contribution < -0.4 is 10.9 Å². The quantitative estimate of drug-likeness (QED) is 0.823. The molecule has 6 nitrogen and oxygen atoms in total. The fraction of sp³-hybridized carbons (Fsp3) is 0.300. The van der Waals surface area contributed by atoms with Gasteiger partial charge in [0, 0.05) is 25.0 Å². The van der Waals surface area contributed by atoms with E-state index in [1.807, 2.05) is 6.92 Å². The van der Waals surface area contributed by atoms with Crippen molar-refractivity contribution in [1.82, 2.24) is 14.7 Å². The van der Waals surface area contributed by atoms with Crippen LogP contribution in [0.15, 0.2) is 28.0 Å². The van der Waals surface area contributed by atoms with Crippen LogP contribution in [-0.4, -0.2) is 14.7 Å². The minimum absolute atomic E-state index is 0.163. The van der Waals surface area contributed by atoms with Crippen molar-refractivity contribution in [3.05, 3.63) is 40.3 Å². The van der Waals surface area contributed by atoms with Crippen LogP contribution in [0.3, 0.4) is 0 Å². The zero-order chi connectivity index (χ0) is 11.5. The predicted molar refractivity (Wildman–Crippen MR) is 58.0 cm³/mol. The molecule has 0 saturated heterocycles. The van der Waals surface area contributed by atoms with Gasteiger partial charge in [-0.1, -0.05) is 5.16 Å². The van der Waals surface area contributed by atoms with Crippen LogP contribution in [0.1, 0.15) is 11.3 Å². The third-order valence-electron chi connectivity index (χ3n) is 2.29. The summed E-state index contributed by atoms with van der Waals surface area (Å²) in [6.07, 6.45) is 4.74. The minimum Gasteiger partial charge on any atom is -0.364 e. The summed E-state index contributed by atoms with van der Waals surface area (Å²) in [5, 5.41) is 6.74. The highest BCUT2D eigenvalue weighted by molar-refractivity contribution is 5.32. The van der Waals surface area contributed by atoms with Gasteiger partial charge in [0.2, 0.25) is 0 Å². The lowest BCUT2D eigenvalue weighted by atomic mass is 10.3. The number of hydrogen-bond acceptors (Lipinski definition) is 5. The summed E-state index contributed by atoms with van der Waals surface area (Å²) in [6, 6.07) is 0. The van der Waals surface area contributed by atoms with Crippen LogP contribution in [0.25, 0.3) is 0 Å². The summed E-state index contributed by atoms with van der Waals surface area (Å²) in [5.74, 6) is 0.312. The number of hydrogen-bond donors (Lipinski definition) is 1. The average Bonchev–Trinajstić information content (AvgIpc) is 2.67. The Bertz CT molecular complexity index is 544. The molecule has 0 aromatic carbocycles. The fourth-order valence-electron chi connectivity index (χ4n) is 1.27. The van der Waals surface area contributed by atoms with Gasteiger partial charge in [0.25, 0.3) is 5.56 Å². The van der Waals surface area contributed by atoms with E-state index >= 15 is 0 Å². The lowest BCUT2D eigenvalue weighted by Gasteiger charge is -2.04. The van der Waals surface area contributed by atoms with Gasteiger partial charge in [0.05, 0.1) is 6.54 Å². The Morgan fingerprint density at radius 3 is 3.06 bits per heavy atom. The average molecular weight is 220 g/mol. The Labute approximate surface area is 91.9 Å². The topological polar surface area (TPSA) is 73.0 Å². The number of anilines is 1. The van der Waals surface area contributed by atoms with Crippen LogP contribution in [0, 0.1) is 6.92 Å². The SMILES string of the molecule is Cc1conc1CNc1nccn(C)c1=O. The Hall–Kier alpha value is -2.11. The van der Waals surface area contributed by atoms with Crippen LogP contribution in [0.2, 0.25) is 0 Å². The van der Waals surface area contributed by atoms with Crippen molar-refractivity contribution >= 4 is 5.82 Å². The zero-order valence-corrected chi connectivity index (χ0v) is 9.10. The summed E-state index contributed by atoms with van der Waals surface area (Å²) in [5.41, 5.74) is 1.55. The third kappa shape index (κ3) is 1.95. The first-order valence-electron chi connectivity index (χ1n) is 4.84. The van der Waals surface area contributed by atoms with E-state index in [-0.39, 0.29) is 5.56 Å². The molecule has 0 aliphatic heterocycles. The van der Waals surface area contributed by atoms with Gasteiger partial charge in [-0.3, -0.25) is 4.79 Å². The molecule has 2 aromatic rings. The lowest BCUT2D eigenvalue weighted by molar-refractivity contribution is 0.412. The van der Waals surface area contributed by atoms with Crippen LogP contribution in [0.5, 0.6) is 0 Å². The minimum atomic E-state index is -0.163. The van der Waals surface area contributed by atoms with Crippen molar-refractivity contribution in [3.8, 4) is 0 Å².